The van der Waals surface area contributed by atoms with Crippen LogP contribution < -0.4 is 0 Å². The summed E-state index contributed by atoms with van der Waals surface area (Å²) in [6, 6.07) is 0. The molecule has 0 bridgehead atoms. The summed E-state index contributed by atoms with van der Waals surface area (Å²) < 4.78 is 0. The highest BCUT2D eigenvalue weighted by Gasteiger charge is 2.22. The Morgan fingerprint density at radius 1 is 1.50 bits per heavy atom. The monoisotopic (exact) mass is 111 g/mol. The van der Waals surface area contributed by atoms with Crippen molar-refractivity contribution in [3.05, 3.63) is 5.92 Å². The van der Waals surface area contributed by atoms with Gasteiger partial charge in [-0.15, -0.1) is 0 Å². The summed E-state index contributed by atoms with van der Waals surface area (Å²) in [6.45, 7) is 4.55. The van der Waals surface area contributed by atoms with E-state index in [-0.39, 0.29) is 0 Å². The molecule has 0 atom stereocenters. The summed E-state index contributed by atoms with van der Waals surface area (Å²) in [4.78, 5) is 0. The van der Waals surface area contributed by atoms with Crippen molar-refractivity contribution in [2.75, 3.05) is 0 Å². The third kappa shape index (κ3) is 1.04. The maximum Gasteiger partial charge on any atom is -0.0244 e. The van der Waals surface area contributed by atoms with Crippen LogP contribution in [0.4, 0.5) is 0 Å². The van der Waals surface area contributed by atoms with Gasteiger partial charge in [0.05, 0.1) is 0 Å². The number of hydrogen-bond donors (Lipinski definition) is 0. The molecule has 0 saturated heterocycles. The van der Waals surface area contributed by atoms with Crippen molar-refractivity contribution < 1.29 is 0 Å². The molecule has 0 unspecified atom stereocenters. The summed E-state index contributed by atoms with van der Waals surface area (Å²) in [5, 5.41) is 0. The molecule has 0 aromatic carbocycles. The third-order valence-corrected chi connectivity index (χ3v) is 2.36. The van der Waals surface area contributed by atoms with E-state index in [1.54, 1.807) is 5.92 Å². The van der Waals surface area contributed by atoms with E-state index in [1.807, 2.05) is 0 Å². The lowest BCUT2D eigenvalue weighted by molar-refractivity contribution is 0.322. The maximum absolute atomic E-state index is 2.30. The van der Waals surface area contributed by atoms with Gasteiger partial charge < -0.3 is 0 Å². The minimum absolute atomic E-state index is 1.01. The smallest absolute Gasteiger partial charge is 0.0244 e. The zero-order valence-corrected chi connectivity index (χ0v) is 5.91. The van der Waals surface area contributed by atoms with Gasteiger partial charge in [0, 0.05) is 0 Å². The summed E-state index contributed by atoms with van der Waals surface area (Å²) >= 11 is 0. The molecular formula is C8H15. The average molecular weight is 111 g/mol. The van der Waals surface area contributed by atoms with Gasteiger partial charge in [-0.3, -0.25) is 0 Å². The van der Waals surface area contributed by atoms with Crippen LogP contribution in [0.1, 0.15) is 39.5 Å². The summed E-state index contributed by atoms with van der Waals surface area (Å²) in [5.41, 5.74) is 0. The second-order valence-electron chi connectivity index (χ2n) is 2.83. The Balaban J connectivity index is 2.13. The average Bonchev–Trinajstić information content (AvgIpc) is 1.62. The lowest BCUT2D eigenvalue weighted by atomic mass is 9.76. The van der Waals surface area contributed by atoms with Gasteiger partial charge in [0.1, 0.15) is 0 Å². The second kappa shape index (κ2) is 2.52. The van der Waals surface area contributed by atoms with E-state index in [0.717, 1.165) is 5.92 Å². The molecule has 0 aliphatic heterocycles. The Morgan fingerprint density at radius 2 is 2.12 bits per heavy atom. The van der Waals surface area contributed by atoms with Crippen molar-refractivity contribution in [3.8, 4) is 0 Å². The molecule has 0 aromatic heterocycles. The molecule has 47 valence electrons. The Labute approximate surface area is 52.3 Å². The van der Waals surface area contributed by atoms with Crippen LogP contribution in [0, 0.1) is 11.8 Å². The van der Waals surface area contributed by atoms with E-state index < -0.39 is 0 Å². The fourth-order valence-corrected chi connectivity index (χ4v) is 1.19. The fraction of sp³-hybridized carbons (Fsp3) is 0.875. The van der Waals surface area contributed by atoms with E-state index in [9.17, 15) is 0 Å². The van der Waals surface area contributed by atoms with Crippen molar-refractivity contribution >= 4 is 0 Å². The molecule has 0 heterocycles. The minimum atomic E-state index is 1.01. The van der Waals surface area contributed by atoms with Crippen molar-refractivity contribution in [3.63, 3.8) is 0 Å². The van der Waals surface area contributed by atoms with Crippen molar-refractivity contribution in [1.29, 1.82) is 0 Å². The first-order valence-electron chi connectivity index (χ1n) is 3.67. The molecule has 0 aromatic rings. The van der Waals surface area contributed by atoms with Crippen LogP contribution >= 0.6 is 0 Å². The van der Waals surface area contributed by atoms with Crippen LogP contribution in [0.5, 0.6) is 0 Å². The molecule has 1 rings (SSSR count). The van der Waals surface area contributed by atoms with E-state index in [4.69, 9.17) is 0 Å². The van der Waals surface area contributed by atoms with Gasteiger partial charge in [0.2, 0.25) is 0 Å². The Bertz CT molecular complexity index is 59.7. The quantitative estimate of drug-likeness (QED) is 0.514. The van der Waals surface area contributed by atoms with Gasteiger partial charge in [0.15, 0.2) is 0 Å². The molecule has 1 radical (unpaired) electrons. The van der Waals surface area contributed by atoms with Crippen LogP contribution in [0.2, 0.25) is 0 Å². The lowest BCUT2D eigenvalue weighted by Gasteiger charge is -2.30. The third-order valence-electron chi connectivity index (χ3n) is 2.36. The molecule has 1 aliphatic rings. The molecule has 8 heavy (non-hydrogen) atoms. The highest BCUT2D eigenvalue weighted by molar-refractivity contribution is 4.94. The summed E-state index contributed by atoms with van der Waals surface area (Å²) in [6.07, 6.45) is 5.71. The predicted molar refractivity (Wildman–Crippen MR) is 36.5 cm³/mol. The molecule has 0 heteroatoms. The first-order valence-corrected chi connectivity index (χ1v) is 3.67. The SMILES string of the molecule is CC[C](C)C1CCC1. The van der Waals surface area contributed by atoms with Gasteiger partial charge in [-0.2, -0.15) is 0 Å². The molecule has 0 amide bonds. The molecule has 1 fully saturated rings. The number of rotatable bonds is 2. The maximum atomic E-state index is 2.30. The molecule has 1 aliphatic carbocycles. The van der Waals surface area contributed by atoms with Crippen LogP contribution in [0.3, 0.4) is 0 Å². The van der Waals surface area contributed by atoms with E-state index in [0.29, 0.717) is 0 Å². The fourth-order valence-electron chi connectivity index (χ4n) is 1.19. The van der Waals surface area contributed by atoms with Crippen molar-refractivity contribution in [2.45, 2.75) is 39.5 Å². The minimum Gasteiger partial charge on any atom is -0.0648 e. The normalized spacial score (nSPS) is 21.4. The van der Waals surface area contributed by atoms with Crippen LogP contribution in [-0.2, 0) is 0 Å². The van der Waals surface area contributed by atoms with Crippen molar-refractivity contribution in [2.24, 2.45) is 5.92 Å². The summed E-state index contributed by atoms with van der Waals surface area (Å²) in [7, 11) is 0. The molecular weight excluding hydrogens is 96.1 g/mol. The van der Waals surface area contributed by atoms with Crippen molar-refractivity contribution in [1.82, 2.24) is 0 Å². The Morgan fingerprint density at radius 3 is 2.25 bits per heavy atom. The van der Waals surface area contributed by atoms with Gasteiger partial charge in [-0.05, 0) is 31.1 Å². The Kier molecular flexibility index (Phi) is 1.93. The highest BCUT2D eigenvalue weighted by atomic mass is 14.3. The summed E-state index contributed by atoms with van der Waals surface area (Å²) in [5.74, 6) is 2.73. The van der Waals surface area contributed by atoms with E-state index >= 15 is 0 Å². The first kappa shape index (κ1) is 6.12. The topological polar surface area (TPSA) is 0 Å². The van der Waals surface area contributed by atoms with Crippen LogP contribution in [-0.4, -0.2) is 0 Å². The largest absolute Gasteiger partial charge is 0.0648 e. The van der Waals surface area contributed by atoms with Gasteiger partial charge in [0.25, 0.3) is 0 Å². The highest BCUT2D eigenvalue weighted by Crippen LogP contribution is 2.35. The zero-order chi connectivity index (χ0) is 5.98. The lowest BCUT2D eigenvalue weighted by Crippen LogP contribution is -2.16. The molecule has 0 spiro atoms. The number of hydrogen-bond acceptors (Lipinski definition) is 0. The van der Waals surface area contributed by atoms with Gasteiger partial charge in [-0.25, -0.2) is 0 Å². The van der Waals surface area contributed by atoms with Crippen LogP contribution in [0.15, 0.2) is 0 Å². The standard InChI is InChI=1S/C8H15/c1-3-7(2)8-5-4-6-8/h8H,3-6H2,1-2H3. The van der Waals surface area contributed by atoms with E-state index in [1.165, 1.54) is 25.7 Å². The Hall–Kier alpha value is 0. The second-order valence-corrected chi connectivity index (χ2v) is 2.83. The molecule has 1 saturated carbocycles. The predicted octanol–water partition coefficient (Wildman–Crippen LogP) is 2.79. The zero-order valence-electron chi connectivity index (χ0n) is 5.91. The van der Waals surface area contributed by atoms with Gasteiger partial charge >= 0.3 is 0 Å². The molecule has 0 N–H and O–H groups in total. The van der Waals surface area contributed by atoms with Crippen LogP contribution in [0.25, 0.3) is 0 Å². The van der Waals surface area contributed by atoms with E-state index in [2.05, 4.69) is 13.8 Å². The molecule has 0 nitrogen and oxygen atoms in total. The van der Waals surface area contributed by atoms with Gasteiger partial charge in [-0.1, -0.05) is 20.3 Å². The first-order chi connectivity index (χ1) is 3.84.